The Morgan fingerprint density at radius 3 is 1.48 bits per heavy atom. The normalized spacial score (nSPS) is 10.4. The number of carbonyl (C=O) groups excluding carboxylic acids is 2. The van der Waals surface area contributed by atoms with Gasteiger partial charge in [-0.15, -0.1) is 0 Å². The van der Waals surface area contributed by atoms with Gasteiger partial charge in [0, 0.05) is 47.2 Å². The summed E-state index contributed by atoms with van der Waals surface area (Å²) in [5, 5.41) is 22.7. The third kappa shape index (κ3) is 8.30. The fourth-order valence-electron chi connectivity index (χ4n) is 2.77. The van der Waals surface area contributed by atoms with Gasteiger partial charge in [-0.3, -0.25) is 0 Å². The van der Waals surface area contributed by atoms with Crippen LogP contribution in [0.3, 0.4) is 0 Å². The Morgan fingerprint density at radius 2 is 1.19 bits per heavy atom. The van der Waals surface area contributed by atoms with E-state index in [1.54, 1.807) is 0 Å². The molecule has 0 unspecified atom stereocenters. The molecule has 0 amide bonds. The van der Waals surface area contributed by atoms with E-state index in [-0.39, 0.29) is 12.8 Å². The van der Waals surface area contributed by atoms with Crippen LogP contribution in [0.1, 0.15) is 25.2 Å². The smallest absolute Gasteiger partial charge is 0.0473 e. The first-order valence-corrected chi connectivity index (χ1v) is 10.1. The van der Waals surface area contributed by atoms with Crippen LogP contribution in [0.25, 0.3) is 21.8 Å². The average Bonchev–Trinajstić information content (AvgIpc) is 3.30. The number of carbonyl (C=O) groups is 2. The second kappa shape index (κ2) is 12.0. The van der Waals surface area contributed by atoms with Gasteiger partial charge in [0.2, 0.25) is 0 Å². The summed E-state index contributed by atoms with van der Waals surface area (Å²) in [5.74, 6) is -2.13. The van der Waals surface area contributed by atoms with E-state index in [4.69, 9.17) is 0 Å². The molecule has 0 aliphatic carbocycles. The van der Waals surface area contributed by atoms with Crippen LogP contribution in [0, 0.1) is 0 Å². The molecule has 2 heterocycles. The van der Waals surface area contributed by atoms with E-state index in [0.717, 1.165) is 21.8 Å². The molecular formula is C23H23AlN2O5. The first kappa shape index (κ1) is 24.2. The molecule has 0 fully saturated rings. The number of rotatable bonds is 5. The number of hydrogen-bond donors (Lipinski definition) is 2. The molecule has 158 valence electrons. The molecule has 0 aliphatic heterocycles. The summed E-state index contributed by atoms with van der Waals surface area (Å²) in [7, 11) is 0. The van der Waals surface area contributed by atoms with Crippen molar-refractivity contribution >= 4 is 50.4 Å². The number of carboxylic acid groups (broad SMARTS) is 2. The molecule has 4 rings (SSSR count). The zero-order valence-electron chi connectivity index (χ0n) is 17.4. The van der Waals surface area contributed by atoms with Gasteiger partial charge in [0.25, 0.3) is 0 Å². The van der Waals surface area contributed by atoms with Gasteiger partial charge in [-0.25, -0.2) is 0 Å². The third-order valence-corrected chi connectivity index (χ3v) is 4.66. The summed E-state index contributed by atoms with van der Waals surface area (Å²) in [6, 6.07) is 19.0. The van der Waals surface area contributed by atoms with E-state index in [2.05, 4.69) is 30.4 Å². The summed E-state index contributed by atoms with van der Waals surface area (Å²) in [5.41, 5.74) is 3.28. The summed E-state index contributed by atoms with van der Waals surface area (Å²) in [6.07, 6.45) is 0.226. The monoisotopic (exact) mass is 434 g/mol. The summed E-state index contributed by atoms with van der Waals surface area (Å²) < 4.78 is 4.67. The first-order valence-electron chi connectivity index (χ1n) is 9.67. The van der Waals surface area contributed by atoms with Crippen molar-refractivity contribution in [3.8, 4) is 0 Å². The van der Waals surface area contributed by atoms with Crippen LogP contribution >= 0.6 is 0 Å². The van der Waals surface area contributed by atoms with Gasteiger partial charge in [-0.1, -0.05) is 36.4 Å². The standard InChI is InChI=1S/2C10H9NO2.C3H7O.Al/c2*12-10(13)6-8-5-7-3-1-2-4-9(7)11-8;1-3(2)4;/h2*1-5,11H,6H2,(H,12,13);3H,1-2H3;/q;;-1;+3/p-2. The van der Waals surface area contributed by atoms with Crippen molar-refractivity contribution in [2.75, 3.05) is 0 Å². The molecule has 0 atom stereocenters. The maximum Gasteiger partial charge on any atom is 0.0473 e. The number of para-hydroxylation sites is 2. The molecule has 0 saturated carbocycles. The number of aromatic nitrogens is 2. The van der Waals surface area contributed by atoms with Gasteiger partial charge in [-0.05, 0) is 35.0 Å². The van der Waals surface area contributed by atoms with Crippen LogP contribution in [0.2, 0.25) is 0 Å². The fourth-order valence-corrected chi connectivity index (χ4v) is 2.77. The molecule has 0 aliphatic rings. The van der Waals surface area contributed by atoms with Crippen LogP contribution in [0.15, 0.2) is 60.7 Å². The average molecular weight is 434 g/mol. The van der Waals surface area contributed by atoms with Gasteiger partial charge in [0.1, 0.15) is 0 Å². The Balaban J connectivity index is 0.000000182. The molecule has 2 aromatic carbocycles. The third-order valence-electron chi connectivity index (χ3n) is 4.11. The number of nitrogens with one attached hydrogen (secondary N) is 2. The molecule has 8 heteroatoms. The Kier molecular flexibility index (Phi) is 9.35. The van der Waals surface area contributed by atoms with Gasteiger partial charge < -0.3 is 29.8 Å². The van der Waals surface area contributed by atoms with E-state index < -0.39 is 11.9 Å². The van der Waals surface area contributed by atoms with Gasteiger partial charge in [0.15, 0.2) is 0 Å². The molecule has 4 aromatic rings. The number of fused-ring (bicyclic) bond motifs is 2. The Morgan fingerprint density at radius 1 is 0.839 bits per heavy atom. The number of benzene rings is 2. The van der Waals surface area contributed by atoms with Crippen molar-refractivity contribution in [1.29, 1.82) is 0 Å². The number of carboxylic acids is 2. The van der Waals surface area contributed by atoms with Crippen molar-refractivity contribution < 1.29 is 23.6 Å². The van der Waals surface area contributed by atoms with Crippen LogP contribution in [0.5, 0.6) is 0 Å². The second-order valence-electron chi connectivity index (χ2n) is 7.05. The van der Waals surface area contributed by atoms with E-state index in [9.17, 15) is 19.8 Å². The van der Waals surface area contributed by atoms with Gasteiger partial charge in [-0.2, -0.15) is 0 Å². The minimum Gasteiger partial charge on any atom is -0.550 e. The van der Waals surface area contributed by atoms with Gasteiger partial charge >= 0.3 is 40.4 Å². The van der Waals surface area contributed by atoms with Crippen LogP contribution in [0.4, 0.5) is 0 Å². The molecule has 31 heavy (non-hydrogen) atoms. The van der Waals surface area contributed by atoms with Gasteiger partial charge in [0.05, 0.1) is 0 Å². The van der Waals surface area contributed by atoms with E-state index in [1.807, 2.05) is 74.5 Å². The maximum absolute atomic E-state index is 10.3. The van der Waals surface area contributed by atoms with Crippen molar-refractivity contribution in [1.82, 2.24) is 9.97 Å². The zero-order valence-corrected chi connectivity index (χ0v) is 18.5. The summed E-state index contributed by atoms with van der Waals surface area (Å²) in [4.78, 5) is 26.6. The first-order chi connectivity index (χ1) is 14.8. The SMILES string of the molecule is CC(C)[O][Al+2].O=C([O-])Cc1cc2ccccc2[nH]1.O=C([O-])Cc1cc2ccccc2[nH]1. The van der Waals surface area contributed by atoms with Crippen molar-refractivity contribution in [3.63, 3.8) is 0 Å². The predicted molar refractivity (Wildman–Crippen MR) is 116 cm³/mol. The van der Waals surface area contributed by atoms with Crippen molar-refractivity contribution in [2.45, 2.75) is 32.8 Å². The van der Waals surface area contributed by atoms with Crippen LogP contribution < -0.4 is 10.2 Å². The summed E-state index contributed by atoms with van der Waals surface area (Å²) in [6.45, 7) is 3.96. The van der Waals surface area contributed by atoms with E-state index in [1.165, 1.54) is 0 Å². The van der Waals surface area contributed by atoms with Crippen molar-refractivity contribution in [3.05, 3.63) is 72.1 Å². The van der Waals surface area contributed by atoms with E-state index in [0.29, 0.717) is 17.5 Å². The van der Waals surface area contributed by atoms with Crippen molar-refractivity contribution in [2.24, 2.45) is 0 Å². The Hall–Kier alpha value is -3.05. The second-order valence-corrected chi connectivity index (χ2v) is 7.32. The number of H-pyrrole nitrogens is 2. The topological polar surface area (TPSA) is 121 Å². The fraction of sp³-hybridized carbons (Fsp3) is 0.217. The molecule has 7 nitrogen and oxygen atoms in total. The van der Waals surface area contributed by atoms with Crippen LogP contribution in [-0.4, -0.2) is 44.6 Å². The molecule has 0 radical (unpaired) electrons. The minimum atomic E-state index is -1.06. The predicted octanol–water partition coefficient (Wildman–Crippen LogP) is 1.42. The Labute approximate surface area is 188 Å². The quantitative estimate of drug-likeness (QED) is 0.460. The number of hydrogen-bond acceptors (Lipinski definition) is 5. The zero-order chi connectivity index (χ0) is 22.8. The molecule has 2 N–H and O–H groups in total. The molecule has 2 aromatic heterocycles. The molecule has 0 bridgehead atoms. The van der Waals surface area contributed by atoms with Crippen LogP contribution in [-0.2, 0) is 26.2 Å². The molecular weight excluding hydrogens is 411 g/mol. The minimum absolute atomic E-state index is 0.0608. The van der Waals surface area contributed by atoms with E-state index >= 15 is 0 Å². The molecule has 0 saturated heterocycles. The Bertz CT molecular complexity index is 981. The largest absolute Gasteiger partial charge is 0.550 e. The maximum atomic E-state index is 10.3. The number of aromatic amines is 2. The summed E-state index contributed by atoms with van der Waals surface area (Å²) >= 11 is 2.19. The molecule has 0 spiro atoms. The number of aliphatic carboxylic acids is 2.